The van der Waals surface area contributed by atoms with Gasteiger partial charge in [0.05, 0.1) is 10.7 Å². The third-order valence-electron chi connectivity index (χ3n) is 2.70. The van der Waals surface area contributed by atoms with Crippen molar-refractivity contribution in [2.75, 3.05) is 12.0 Å². The summed E-state index contributed by atoms with van der Waals surface area (Å²) in [5, 5.41) is 11.1. The molecule has 0 amide bonds. The molecule has 1 aromatic heterocycles. The van der Waals surface area contributed by atoms with Crippen molar-refractivity contribution in [1.82, 2.24) is 4.98 Å². The third kappa shape index (κ3) is 4.05. The van der Waals surface area contributed by atoms with Gasteiger partial charge in [-0.25, -0.2) is 4.98 Å². The molecular formula is C14H12N2O3S2. The number of hydrogen-bond donors (Lipinski definition) is 0. The van der Waals surface area contributed by atoms with E-state index in [0.29, 0.717) is 5.56 Å². The van der Waals surface area contributed by atoms with E-state index in [2.05, 4.69) is 4.98 Å². The molecule has 1 heterocycles. The molecule has 0 bridgehead atoms. The quantitative estimate of drug-likeness (QED) is 0.350. The van der Waals surface area contributed by atoms with E-state index >= 15 is 0 Å². The molecule has 0 atom stereocenters. The lowest BCUT2D eigenvalue weighted by Crippen LogP contribution is -2.03. The Labute approximate surface area is 130 Å². The molecule has 2 rings (SSSR count). The summed E-state index contributed by atoms with van der Waals surface area (Å²) in [5.74, 6) is 0.0452. The summed E-state index contributed by atoms with van der Waals surface area (Å²) < 4.78 is 0. The standard InChI is InChI=1S/C14H12N2O3S2/c1-20-11-6-4-10(5-7-11)13(17)9-21-14-12(16(18)19)3-2-8-15-14/h2-8H,9H2,1H3. The van der Waals surface area contributed by atoms with E-state index in [1.54, 1.807) is 23.9 Å². The maximum atomic E-state index is 12.1. The zero-order valence-corrected chi connectivity index (χ0v) is 12.8. The lowest BCUT2D eigenvalue weighted by atomic mass is 10.1. The van der Waals surface area contributed by atoms with Crippen LogP contribution in [-0.2, 0) is 0 Å². The number of Topliss-reactive ketones (excluding diaryl/α,β-unsaturated/α-hetero) is 1. The molecule has 0 aliphatic heterocycles. The van der Waals surface area contributed by atoms with Gasteiger partial charge in [0.1, 0.15) is 0 Å². The van der Waals surface area contributed by atoms with Gasteiger partial charge in [-0.1, -0.05) is 23.9 Å². The number of nitro groups is 1. The molecule has 0 radical (unpaired) electrons. The molecule has 1 aromatic carbocycles. The van der Waals surface area contributed by atoms with Crippen molar-refractivity contribution in [2.45, 2.75) is 9.92 Å². The Morgan fingerprint density at radius 3 is 2.62 bits per heavy atom. The van der Waals surface area contributed by atoms with Gasteiger partial charge in [-0.3, -0.25) is 14.9 Å². The Morgan fingerprint density at radius 1 is 1.29 bits per heavy atom. The van der Waals surface area contributed by atoms with Crippen LogP contribution in [-0.4, -0.2) is 27.7 Å². The molecule has 7 heteroatoms. The first-order valence-corrected chi connectivity index (χ1v) is 8.22. The molecular weight excluding hydrogens is 308 g/mol. The van der Waals surface area contributed by atoms with E-state index in [4.69, 9.17) is 0 Å². The van der Waals surface area contributed by atoms with Gasteiger partial charge in [0.2, 0.25) is 0 Å². The van der Waals surface area contributed by atoms with Crippen LogP contribution in [0.2, 0.25) is 0 Å². The second kappa shape index (κ2) is 7.24. The minimum Gasteiger partial charge on any atom is -0.293 e. The second-order valence-electron chi connectivity index (χ2n) is 4.03. The van der Waals surface area contributed by atoms with Crippen LogP contribution in [0.1, 0.15) is 10.4 Å². The number of hydrogen-bond acceptors (Lipinski definition) is 6. The number of thioether (sulfide) groups is 2. The minimum absolute atomic E-state index is 0.0759. The van der Waals surface area contributed by atoms with E-state index < -0.39 is 4.92 Å². The number of pyridine rings is 1. The van der Waals surface area contributed by atoms with Gasteiger partial charge >= 0.3 is 5.69 Å². The van der Waals surface area contributed by atoms with Gasteiger partial charge in [0.15, 0.2) is 10.8 Å². The maximum absolute atomic E-state index is 12.1. The predicted molar refractivity (Wildman–Crippen MR) is 84.2 cm³/mol. The largest absolute Gasteiger partial charge is 0.301 e. The van der Waals surface area contributed by atoms with Crippen LogP contribution in [0.3, 0.4) is 0 Å². The van der Waals surface area contributed by atoms with Crippen molar-refractivity contribution in [3.63, 3.8) is 0 Å². The highest BCUT2D eigenvalue weighted by atomic mass is 32.2. The summed E-state index contributed by atoms with van der Waals surface area (Å²) in [7, 11) is 0. The number of rotatable bonds is 6. The van der Waals surface area contributed by atoms with Crippen molar-refractivity contribution in [3.8, 4) is 0 Å². The first-order chi connectivity index (χ1) is 10.1. The Morgan fingerprint density at radius 2 is 2.00 bits per heavy atom. The van der Waals surface area contributed by atoms with E-state index in [9.17, 15) is 14.9 Å². The average molecular weight is 320 g/mol. The lowest BCUT2D eigenvalue weighted by molar-refractivity contribution is -0.388. The molecule has 0 saturated carbocycles. The predicted octanol–water partition coefficient (Wildman–Crippen LogP) is 3.69. The van der Waals surface area contributed by atoms with E-state index in [-0.39, 0.29) is 22.2 Å². The Bertz CT molecular complexity index is 660. The van der Waals surface area contributed by atoms with Gasteiger partial charge in [-0.05, 0) is 24.5 Å². The number of nitrogens with zero attached hydrogens (tertiary/aromatic N) is 2. The normalized spacial score (nSPS) is 10.3. The SMILES string of the molecule is CSc1ccc(C(=O)CSc2ncccc2[N+](=O)[O-])cc1. The molecule has 0 aliphatic carbocycles. The van der Waals surface area contributed by atoms with Crippen LogP contribution < -0.4 is 0 Å². The van der Waals surface area contributed by atoms with Crippen LogP contribution in [0, 0.1) is 10.1 Å². The van der Waals surface area contributed by atoms with Crippen molar-refractivity contribution in [2.24, 2.45) is 0 Å². The summed E-state index contributed by atoms with van der Waals surface area (Å²) in [5.41, 5.74) is 0.520. The minimum atomic E-state index is -0.493. The third-order valence-corrected chi connectivity index (χ3v) is 4.44. The fourth-order valence-electron chi connectivity index (χ4n) is 1.63. The molecule has 0 fully saturated rings. The molecule has 21 heavy (non-hydrogen) atoms. The van der Waals surface area contributed by atoms with Crippen LogP contribution in [0.5, 0.6) is 0 Å². The van der Waals surface area contributed by atoms with Gasteiger partial charge < -0.3 is 0 Å². The first-order valence-electron chi connectivity index (χ1n) is 6.01. The summed E-state index contributed by atoms with van der Waals surface area (Å²) in [6.45, 7) is 0. The molecule has 0 aliphatic rings. The molecule has 2 aromatic rings. The number of carbonyl (C=O) groups excluding carboxylic acids is 1. The number of benzene rings is 1. The summed E-state index contributed by atoms with van der Waals surface area (Å²) in [6.07, 6.45) is 3.44. The monoisotopic (exact) mass is 320 g/mol. The fraction of sp³-hybridized carbons (Fsp3) is 0.143. The number of carbonyl (C=O) groups is 1. The van der Waals surface area contributed by atoms with Crippen LogP contribution >= 0.6 is 23.5 Å². The van der Waals surface area contributed by atoms with E-state index in [1.807, 2.05) is 18.4 Å². The van der Waals surface area contributed by atoms with Crippen molar-refractivity contribution < 1.29 is 9.72 Å². The average Bonchev–Trinajstić information content (AvgIpc) is 2.52. The van der Waals surface area contributed by atoms with Gasteiger partial charge in [0, 0.05) is 22.7 Å². The van der Waals surface area contributed by atoms with Crippen LogP contribution in [0.25, 0.3) is 0 Å². The zero-order valence-electron chi connectivity index (χ0n) is 11.2. The highest BCUT2D eigenvalue weighted by molar-refractivity contribution is 8.00. The molecule has 108 valence electrons. The summed E-state index contributed by atoms with van der Waals surface area (Å²) in [6, 6.07) is 10.2. The second-order valence-corrected chi connectivity index (χ2v) is 5.87. The molecule has 5 nitrogen and oxygen atoms in total. The first kappa shape index (κ1) is 15.5. The highest BCUT2D eigenvalue weighted by Gasteiger charge is 2.16. The van der Waals surface area contributed by atoms with E-state index in [0.717, 1.165) is 16.7 Å². The number of ketones is 1. The number of aromatic nitrogens is 1. The molecule has 0 spiro atoms. The zero-order chi connectivity index (χ0) is 15.2. The van der Waals surface area contributed by atoms with Crippen molar-refractivity contribution >= 4 is 35.0 Å². The van der Waals surface area contributed by atoms with Gasteiger partial charge in [0.25, 0.3) is 0 Å². The Balaban J connectivity index is 2.05. The topological polar surface area (TPSA) is 73.1 Å². The Kier molecular flexibility index (Phi) is 5.35. The molecule has 0 unspecified atom stereocenters. The van der Waals surface area contributed by atoms with Gasteiger partial charge in [-0.15, -0.1) is 11.8 Å². The smallest absolute Gasteiger partial charge is 0.293 e. The van der Waals surface area contributed by atoms with Crippen LogP contribution in [0.4, 0.5) is 5.69 Å². The van der Waals surface area contributed by atoms with Crippen molar-refractivity contribution in [3.05, 3.63) is 58.3 Å². The highest BCUT2D eigenvalue weighted by Crippen LogP contribution is 2.27. The van der Waals surface area contributed by atoms with Gasteiger partial charge in [-0.2, -0.15) is 0 Å². The molecule has 0 saturated heterocycles. The fourth-order valence-corrected chi connectivity index (χ4v) is 2.90. The van der Waals surface area contributed by atoms with Crippen LogP contribution in [0.15, 0.2) is 52.5 Å². The Hall–Kier alpha value is -1.86. The van der Waals surface area contributed by atoms with Crippen molar-refractivity contribution in [1.29, 1.82) is 0 Å². The lowest BCUT2D eigenvalue weighted by Gasteiger charge is -2.03. The van der Waals surface area contributed by atoms with E-state index in [1.165, 1.54) is 18.3 Å². The summed E-state index contributed by atoms with van der Waals surface area (Å²) in [4.78, 5) is 27.5. The molecule has 0 N–H and O–H groups in total. The summed E-state index contributed by atoms with van der Waals surface area (Å²) >= 11 is 2.68. The maximum Gasteiger partial charge on any atom is 0.301 e.